The van der Waals surface area contributed by atoms with Gasteiger partial charge in [0.05, 0.1) is 28.7 Å². The molecule has 0 atom stereocenters. The molecule has 0 unspecified atom stereocenters. The molecule has 0 spiro atoms. The van der Waals surface area contributed by atoms with Gasteiger partial charge in [0.1, 0.15) is 17.4 Å². The maximum Gasteiger partial charge on any atom is 0.138 e. The van der Waals surface area contributed by atoms with E-state index in [0.717, 1.165) is 103 Å². The third kappa shape index (κ3) is 7.21. The molecular formula is C36H42N6O. The summed E-state index contributed by atoms with van der Waals surface area (Å²) in [7, 11) is 2.18. The van der Waals surface area contributed by atoms with Crippen molar-refractivity contribution in [1.29, 1.82) is 0 Å². The zero-order chi connectivity index (χ0) is 29.4. The van der Waals surface area contributed by atoms with Crippen LogP contribution in [0.3, 0.4) is 0 Å². The smallest absolute Gasteiger partial charge is 0.138 e. The highest BCUT2D eigenvalue weighted by Crippen LogP contribution is 2.29. The van der Waals surface area contributed by atoms with E-state index in [1.165, 1.54) is 37.8 Å². The largest absolute Gasteiger partial charge is 0.494 e. The second-order valence-electron chi connectivity index (χ2n) is 11.7. The van der Waals surface area contributed by atoms with Crippen molar-refractivity contribution in [2.45, 2.75) is 51.4 Å². The maximum atomic E-state index is 5.98. The fourth-order valence-electron chi connectivity index (χ4n) is 5.80. The highest BCUT2D eigenvalue weighted by atomic mass is 16.5. The third-order valence-electron chi connectivity index (χ3n) is 8.45. The number of likely N-dealkylation sites (N-methyl/N-ethyl adjacent to an activating group) is 1. The Morgan fingerprint density at radius 3 is 2.05 bits per heavy atom. The van der Waals surface area contributed by atoms with Crippen molar-refractivity contribution in [3.8, 4) is 40.9 Å². The van der Waals surface area contributed by atoms with Crippen LogP contribution < -0.4 is 9.64 Å². The number of fused-ring (bicyclic) bond motifs is 2. The highest BCUT2D eigenvalue weighted by molar-refractivity contribution is 5.87. The van der Waals surface area contributed by atoms with Crippen LogP contribution in [-0.4, -0.2) is 64.7 Å². The van der Waals surface area contributed by atoms with Gasteiger partial charge in [0.15, 0.2) is 0 Å². The fraction of sp³-hybridized carbons (Fsp3) is 0.389. The molecule has 1 saturated heterocycles. The van der Waals surface area contributed by atoms with E-state index in [0.29, 0.717) is 0 Å². The molecule has 222 valence electrons. The summed E-state index contributed by atoms with van der Waals surface area (Å²) in [5.41, 5.74) is 7.28. The highest BCUT2D eigenvalue weighted by Gasteiger charge is 2.16. The number of benzene rings is 3. The van der Waals surface area contributed by atoms with Gasteiger partial charge in [0, 0.05) is 49.4 Å². The molecule has 0 radical (unpaired) electrons. The molecule has 1 aliphatic heterocycles. The lowest BCUT2D eigenvalue weighted by Gasteiger charge is -2.34. The molecule has 0 amide bonds. The Balaban J connectivity index is 1.05. The molecule has 0 aliphatic carbocycles. The van der Waals surface area contributed by atoms with Crippen LogP contribution in [0, 0.1) is 12.3 Å². The summed E-state index contributed by atoms with van der Waals surface area (Å²) in [6.07, 6.45) is 14.7. The van der Waals surface area contributed by atoms with Crippen LogP contribution in [0.2, 0.25) is 0 Å². The molecule has 0 saturated carbocycles. The monoisotopic (exact) mass is 574 g/mol. The van der Waals surface area contributed by atoms with Gasteiger partial charge in [0.2, 0.25) is 0 Å². The summed E-state index contributed by atoms with van der Waals surface area (Å²) in [4.78, 5) is 21.6. The average molecular weight is 575 g/mol. The SMILES string of the molecule is C#CCCCCCCCCCOc1ccc(-c2nc3ccc(-c4nc5ccc(N6CCN(C)CC6)cc5[nH]4)cc3[nH]2)cc1. The number of piperazine rings is 1. The van der Waals surface area contributed by atoms with Crippen LogP contribution in [0.25, 0.3) is 44.8 Å². The Bertz CT molecular complexity index is 1670. The quantitative estimate of drug-likeness (QED) is 0.112. The Kier molecular flexibility index (Phi) is 9.25. The molecule has 2 N–H and O–H groups in total. The van der Waals surface area contributed by atoms with Gasteiger partial charge >= 0.3 is 0 Å². The van der Waals surface area contributed by atoms with Gasteiger partial charge in [0.25, 0.3) is 0 Å². The van der Waals surface area contributed by atoms with Gasteiger partial charge in [-0.05, 0) is 80.6 Å². The standard InChI is InChI=1S/C36H42N6O/c1-3-4-5-6-7-8-9-10-11-24-43-30-16-12-27(13-17-30)35-37-31-18-14-28(25-33(31)39-35)36-38-32-19-15-29(26-34(32)40-36)42-22-20-41(2)21-23-42/h1,12-19,25-26H,4-11,20-24H2,2H3,(H,37,39)(H,38,40). The molecule has 5 aromatic rings. The molecule has 3 aromatic carbocycles. The number of ether oxygens (including phenoxy) is 1. The summed E-state index contributed by atoms with van der Waals surface area (Å²) in [5, 5.41) is 0. The van der Waals surface area contributed by atoms with E-state index in [2.05, 4.69) is 81.3 Å². The van der Waals surface area contributed by atoms with E-state index < -0.39 is 0 Å². The number of imidazole rings is 2. The first-order valence-electron chi connectivity index (χ1n) is 15.8. The van der Waals surface area contributed by atoms with Crippen molar-refractivity contribution in [3.05, 3.63) is 60.7 Å². The Hall–Kier alpha value is -4.28. The van der Waals surface area contributed by atoms with E-state index >= 15 is 0 Å². The number of rotatable bonds is 13. The van der Waals surface area contributed by atoms with Crippen molar-refractivity contribution in [3.63, 3.8) is 0 Å². The number of nitrogens with one attached hydrogen (secondary N) is 2. The van der Waals surface area contributed by atoms with Gasteiger partial charge in [-0.15, -0.1) is 12.3 Å². The van der Waals surface area contributed by atoms with Crippen molar-refractivity contribution in [1.82, 2.24) is 24.8 Å². The second-order valence-corrected chi connectivity index (χ2v) is 11.7. The van der Waals surface area contributed by atoms with Crippen molar-refractivity contribution >= 4 is 27.8 Å². The van der Waals surface area contributed by atoms with Gasteiger partial charge in [-0.25, -0.2) is 9.97 Å². The molecular weight excluding hydrogens is 532 g/mol. The van der Waals surface area contributed by atoms with Crippen LogP contribution in [0.5, 0.6) is 5.75 Å². The fourth-order valence-corrected chi connectivity index (χ4v) is 5.80. The molecule has 7 nitrogen and oxygen atoms in total. The summed E-state index contributed by atoms with van der Waals surface area (Å²) < 4.78 is 5.98. The topological polar surface area (TPSA) is 73.1 Å². The number of unbranched alkanes of at least 4 members (excludes halogenated alkanes) is 7. The van der Waals surface area contributed by atoms with Crippen molar-refractivity contribution < 1.29 is 4.74 Å². The minimum Gasteiger partial charge on any atom is -0.494 e. The van der Waals surface area contributed by atoms with Gasteiger partial charge in [-0.2, -0.15) is 0 Å². The molecule has 1 fully saturated rings. The van der Waals surface area contributed by atoms with Gasteiger partial charge in [-0.1, -0.05) is 32.1 Å². The normalized spacial score (nSPS) is 14.0. The van der Waals surface area contributed by atoms with E-state index in [1.807, 2.05) is 12.1 Å². The van der Waals surface area contributed by atoms with Gasteiger partial charge in [-0.3, -0.25) is 0 Å². The molecule has 6 rings (SSSR count). The predicted octanol–water partition coefficient (Wildman–Crippen LogP) is 7.66. The Labute approximate surface area is 254 Å². The number of terminal acetylenes is 1. The number of anilines is 1. The molecule has 3 heterocycles. The first-order valence-corrected chi connectivity index (χ1v) is 15.8. The van der Waals surface area contributed by atoms with E-state index in [-0.39, 0.29) is 0 Å². The lowest BCUT2D eigenvalue weighted by molar-refractivity contribution is 0.304. The van der Waals surface area contributed by atoms with E-state index in [1.54, 1.807) is 0 Å². The lowest BCUT2D eigenvalue weighted by atomic mass is 10.1. The third-order valence-corrected chi connectivity index (χ3v) is 8.45. The van der Waals surface area contributed by atoms with Crippen LogP contribution >= 0.6 is 0 Å². The number of aromatic amines is 2. The zero-order valence-electron chi connectivity index (χ0n) is 25.2. The second kappa shape index (κ2) is 13.8. The minimum atomic E-state index is 0.753. The Morgan fingerprint density at radius 2 is 1.33 bits per heavy atom. The first kappa shape index (κ1) is 28.8. The lowest BCUT2D eigenvalue weighted by Crippen LogP contribution is -2.44. The van der Waals surface area contributed by atoms with Crippen LogP contribution in [0.1, 0.15) is 51.4 Å². The predicted molar refractivity (Wildman–Crippen MR) is 178 cm³/mol. The number of aromatic nitrogens is 4. The number of hydrogen-bond donors (Lipinski definition) is 2. The summed E-state index contributed by atoms with van der Waals surface area (Å²) in [5.74, 6) is 5.33. The zero-order valence-corrected chi connectivity index (χ0v) is 25.2. The minimum absolute atomic E-state index is 0.753. The molecule has 2 aromatic heterocycles. The molecule has 1 aliphatic rings. The van der Waals surface area contributed by atoms with Crippen LogP contribution in [-0.2, 0) is 0 Å². The van der Waals surface area contributed by atoms with Crippen molar-refractivity contribution in [2.24, 2.45) is 0 Å². The molecule has 7 heteroatoms. The first-order chi connectivity index (χ1) is 21.2. The summed E-state index contributed by atoms with van der Waals surface area (Å²) >= 11 is 0. The maximum absolute atomic E-state index is 5.98. The van der Waals surface area contributed by atoms with Crippen LogP contribution in [0.15, 0.2) is 60.7 Å². The van der Waals surface area contributed by atoms with Gasteiger partial charge < -0.3 is 24.5 Å². The van der Waals surface area contributed by atoms with Crippen molar-refractivity contribution in [2.75, 3.05) is 44.7 Å². The molecule has 43 heavy (non-hydrogen) atoms. The van der Waals surface area contributed by atoms with Crippen LogP contribution in [0.4, 0.5) is 5.69 Å². The van der Waals surface area contributed by atoms with E-state index in [4.69, 9.17) is 21.1 Å². The number of hydrogen-bond acceptors (Lipinski definition) is 5. The number of nitrogens with zero attached hydrogens (tertiary/aromatic N) is 4. The summed E-state index contributed by atoms with van der Waals surface area (Å²) in [6, 6.07) is 21.0. The van der Waals surface area contributed by atoms with E-state index in [9.17, 15) is 0 Å². The Morgan fingerprint density at radius 1 is 0.721 bits per heavy atom. The number of H-pyrrole nitrogens is 2. The summed E-state index contributed by atoms with van der Waals surface area (Å²) in [6.45, 7) is 5.03. The molecule has 0 bridgehead atoms. The average Bonchev–Trinajstić information content (AvgIpc) is 3.66.